The van der Waals surface area contributed by atoms with Crippen LogP contribution in [0.4, 0.5) is 30.2 Å². The maximum atomic E-state index is 15.2. The third kappa shape index (κ3) is 21.8. The van der Waals surface area contributed by atoms with Crippen molar-refractivity contribution in [3.63, 3.8) is 0 Å². The van der Waals surface area contributed by atoms with Crippen molar-refractivity contribution in [3.8, 4) is 28.4 Å². The summed E-state index contributed by atoms with van der Waals surface area (Å²) < 4.78 is 72.2. The Morgan fingerprint density at radius 2 is 1.08 bits per heavy atom. The molecule has 610 valence electrons. The van der Waals surface area contributed by atoms with Gasteiger partial charge in [-0.2, -0.15) is 18.3 Å². The summed E-state index contributed by atoms with van der Waals surface area (Å²) in [6.45, 7) is 25.2. The van der Waals surface area contributed by atoms with Crippen molar-refractivity contribution in [3.05, 3.63) is 194 Å². The number of carbonyl (C=O) groups excluding carboxylic acids is 3. The number of carbonyl (C=O) groups is 3. The summed E-state index contributed by atoms with van der Waals surface area (Å²) in [5.74, 6) is 0.330. The van der Waals surface area contributed by atoms with E-state index in [1.807, 2.05) is 118 Å². The molecule has 27 heteroatoms. The number of methoxy groups -OCH3 is 1. The lowest BCUT2D eigenvalue weighted by Gasteiger charge is -2.37. The minimum atomic E-state index is -4.94. The molecule has 6 aromatic carbocycles. The van der Waals surface area contributed by atoms with Crippen LogP contribution in [0.1, 0.15) is 139 Å². The minimum Gasteiger partial charge on any atom is -0.493 e. The van der Waals surface area contributed by atoms with Gasteiger partial charge in [0.25, 0.3) is 17.7 Å². The number of hydrogen-bond donors (Lipinski definition) is 8. The highest BCUT2D eigenvalue weighted by Gasteiger charge is 2.39. The van der Waals surface area contributed by atoms with E-state index in [1.165, 1.54) is 18.3 Å². The number of amides is 3. The number of anilines is 3. The maximum absolute atomic E-state index is 15.2. The third-order valence-electron chi connectivity index (χ3n) is 22.1. The smallest absolute Gasteiger partial charge is 0.417 e. The minimum absolute atomic E-state index is 0.0121. The van der Waals surface area contributed by atoms with Crippen molar-refractivity contribution in [2.45, 2.75) is 98.4 Å². The van der Waals surface area contributed by atoms with Gasteiger partial charge in [-0.1, -0.05) is 13.0 Å². The topological polar surface area (TPSA) is 263 Å². The monoisotopic (exact) mass is 1570 g/mol. The van der Waals surface area contributed by atoms with Crippen molar-refractivity contribution in [2.75, 3.05) is 168 Å². The summed E-state index contributed by atoms with van der Waals surface area (Å²) in [7, 11) is 9.71. The van der Waals surface area contributed by atoms with E-state index in [0.29, 0.717) is 102 Å². The van der Waals surface area contributed by atoms with Gasteiger partial charge < -0.3 is 95.6 Å². The number of piperazine rings is 3. The van der Waals surface area contributed by atoms with E-state index in [4.69, 9.17) is 39.6 Å². The van der Waals surface area contributed by atoms with Gasteiger partial charge in [-0.3, -0.25) is 19.1 Å². The molecule has 4 atom stereocenters. The highest BCUT2D eigenvalue weighted by molar-refractivity contribution is 6.09. The van der Waals surface area contributed by atoms with Gasteiger partial charge in [0.05, 0.1) is 57.3 Å². The maximum Gasteiger partial charge on any atom is 0.417 e. The van der Waals surface area contributed by atoms with E-state index in [0.717, 1.165) is 152 Å². The van der Waals surface area contributed by atoms with Gasteiger partial charge in [0.15, 0.2) is 6.10 Å². The molecule has 11 rings (SSSR count). The van der Waals surface area contributed by atoms with Gasteiger partial charge >= 0.3 is 6.18 Å². The van der Waals surface area contributed by atoms with Crippen LogP contribution in [0.25, 0.3) is 22.3 Å². The van der Waals surface area contributed by atoms with Crippen molar-refractivity contribution >= 4 is 58.4 Å². The number of allylic oxidation sites excluding steroid dienone is 2. The Kier molecular flexibility index (Phi) is 28.4. The second-order valence-corrected chi connectivity index (χ2v) is 31.1. The Hall–Kier alpha value is -10.3. The number of nitrogens with zero attached hydrogens (tertiary/aromatic N) is 8. The van der Waals surface area contributed by atoms with E-state index in [-0.39, 0.29) is 35.4 Å². The molecule has 8 N–H and O–H groups in total. The fraction of sp³-hybridized carbons (Fsp3) is 0.448. The molecule has 0 saturated carbocycles. The molecule has 4 fully saturated rings. The second kappa shape index (κ2) is 38.2. The predicted octanol–water partition coefficient (Wildman–Crippen LogP) is 11.4. The lowest BCUT2D eigenvalue weighted by atomic mass is 9.90. The van der Waals surface area contributed by atoms with Gasteiger partial charge in [-0.05, 0) is 215 Å². The number of likely N-dealkylation sites (N-methyl/N-ethyl adjacent to an activating group) is 3. The average Bonchev–Trinajstić information content (AvgIpc) is 0.858. The number of ether oxygens (including phenoxy) is 5. The zero-order chi connectivity index (χ0) is 81.5. The van der Waals surface area contributed by atoms with Gasteiger partial charge in [0.1, 0.15) is 23.9 Å². The summed E-state index contributed by atoms with van der Waals surface area (Å²) in [5, 5.41) is 48.0. The van der Waals surface area contributed by atoms with Crippen LogP contribution in [0.5, 0.6) is 17.2 Å². The summed E-state index contributed by atoms with van der Waals surface area (Å²) in [5.41, 5.74) is 13.9. The fourth-order valence-corrected chi connectivity index (χ4v) is 14.5. The molecule has 4 aliphatic rings. The number of hydrogen-bond acceptors (Lipinski definition) is 20. The second-order valence-electron chi connectivity index (χ2n) is 31.1. The van der Waals surface area contributed by atoms with Crippen LogP contribution in [0.3, 0.4) is 0 Å². The average molecular weight is 1570 g/mol. The Morgan fingerprint density at radius 1 is 0.596 bits per heavy atom. The molecule has 3 amide bonds. The molecule has 0 radical (unpaired) electrons. The Morgan fingerprint density at radius 3 is 1.59 bits per heavy atom. The van der Waals surface area contributed by atoms with Crippen molar-refractivity contribution < 1.29 is 56.3 Å². The van der Waals surface area contributed by atoms with Gasteiger partial charge in [-0.15, -0.1) is 0 Å². The molecule has 0 spiro atoms. The van der Waals surface area contributed by atoms with Crippen LogP contribution in [-0.2, 0) is 22.6 Å². The van der Waals surface area contributed by atoms with Crippen molar-refractivity contribution in [1.82, 2.24) is 51.1 Å². The number of aryl methyl sites for hydroxylation is 1. The van der Waals surface area contributed by atoms with E-state index in [9.17, 15) is 27.9 Å². The van der Waals surface area contributed by atoms with Crippen LogP contribution in [0.15, 0.2) is 122 Å². The SMILES string of the molecule is CN/C=C(\C=N)c1cc(OCCCOC)cc([C@@H](C)NC(=O)c2cc(N3CCN(C)CC3)cc(Cn3cc(-c4cc(OCC5(C)COC5)cc([C@@H](C)NC(=O)c5cc(N6CCN(C)CC6)cc(CN/C=C(\C=N)c6cc(OC[C@H](O)C(F)(F)F)cc([C@@H](C)NC(=O)c7cc(N8CCN(C)CC8)ccc7C)c6)c5C)c4)cn3)c2C)c1. The zero-order valence-corrected chi connectivity index (χ0v) is 67.8. The molecule has 1 aromatic heterocycles. The number of aromatic nitrogens is 2. The highest BCUT2D eigenvalue weighted by atomic mass is 19.4. The first-order valence-corrected chi connectivity index (χ1v) is 39.2. The third-order valence-corrected chi connectivity index (χ3v) is 22.1. The molecule has 0 bridgehead atoms. The fourth-order valence-electron chi connectivity index (χ4n) is 14.5. The van der Waals surface area contributed by atoms with Crippen LogP contribution >= 0.6 is 0 Å². The van der Waals surface area contributed by atoms with Gasteiger partial charge in [0, 0.05) is 199 Å². The summed E-state index contributed by atoms with van der Waals surface area (Å²) in [6, 6.07) is 28.9. The normalized spacial score (nSPS) is 16.9. The Bertz CT molecular complexity index is 4610. The van der Waals surface area contributed by atoms with Crippen LogP contribution in [0, 0.1) is 37.0 Å². The Balaban J connectivity index is 0.850. The number of halogens is 3. The standard InChI is InChI=1S/C87H112F3N15O9/c1-56-14-15-73(102-22-16-99(9)17-23-102)41-79(56)83(107)96-59(4)63-31-66(39-77(36-63)113-52-82(106)87(88,89)90)71(45-92)48-94-47-68-33-74(103-24-18-100(10)19-25-103)42-80(57(68)2)84(108)97-61(6)64-32-67(40-78(37-64)114-55-86(7)53-111-54-86)72-49-95-105(51-72)50-69-34-75(104-26-20-101(11)21-27-104)43-81(58(69)3)85(109)98-60(5)62-30-65(70(44-91)46-93-8)38-76(35-62)112-29-13-28-110-12/h14-15,30-46,48-49,51,59-61,82,91-94,106H,13,16-29,47,50,52-55H2,1-12H3,(H,96,107)(H,97,108)(H,98,109)/b70-46+,71-48+,91-44?,92-45?/t59-,60-,61-,82+/m1/s1. The molecule has 7 aromatic rings. The predicted molar refractivity (Wildman–Crippen MR) is 443 cm³/mol. The van der Waals surface area contributed by atoms with Gasteiger partial charge in [0.2, 0.25) is 0 Å². The number of aliphatic hydroxyl groups is 1. The lowest BCUT2D eigenvalue weighted by Crippen LogP contribution is -2.44. The molecular weight excluding hydrogens is 1460 g/mol. The highest BCUT2D eigenvalue weighted by Crippen LogP contribution is 2.37. The first kappa shape index (κ1) is 84.6. The summed E-state index contributed by atoms with van der Waals surface area (Å²) in [6.07, 6.45) is 2.58. The number of nitrogens with one attached hydrogen (secondary N) is 7. The molecular formula is C87H112F3N15O9. The summed E-state index contributed by atoms with van der Waals surface area (Å²) in [4.78, 5) is 57.9. The largest absolute Gasteiger partial charge is 0.493 e. The first-order valence-electron chi connectivity index (χ1n) is 39.2. The molecule has 0 aliphatic carbocycles. The van der Waals surface area contributed by atoms with E-state index >= 15 is 4.79 Å². The Labute approximate surface area is 668 Å². The number of aliphatic hydroxyl groups excluding tert-OH is 1. The van der Waals surface area contributed by atoms with Crippen molar-refractivity contribution in [2.24, 2.45) is 5.41 Å². The molecule has 4 saturated heterocycles. The quantitative estimate of drug-likeness (QED) is 0.0138. The molecule has 24 nitrogen and oxygen atoms in total. The van der Waals surface area contributed by atoms with Crippen LogP contribution < -0.4 is 55.5 Å². The van der Waals surface area contributed by atoms with E-state index < -0.39 is 37.0 Å². The van der Waals surface area contributed by atoms with Crippen molar-refractivity contribution in [1.29, 1.82) is 10.8 Å². The number of rotatable bonds is 34. The number of alkyl halides is 3. The van der Waals surface area contributed by atoms with Gasteiger partial charge in [-0.25, -0.2) is 0 Å². The molecule has 4 aliphatic heterocycles. The first-order chi connectivity index (χ1) is 54.6. The zero-order valence-electron chi connectivity index (χ0n) is 67.8. The van der Waals surface area contributed by atoms with E-state index in [2.05, 4.69) is 96.2 Å². The molecule has 0 unspecified atom stereocenters. The lowest BCUT2D eigenvalue weighted by molar-refractivity contribution is -0.210. The molecule has 114 heavy (non-hydrogen) atoms. The van der Waals surface area contributed by atoms with E-state index in [1.54, 1.807) is 39.5 Å². The number of benzene rings is 6. The van der Waals surface area contributed by atoms with Crippen LogP contribution in [0.2, 0.25) is 0 Å². The van der Waals surface area contributed by atoms with Crippen LogP contribution in [-0.4, -0.2) is 225 Å². The summed E-state index contributed by atoms with van der Waals surface area (Å²) >= 11 is 0. The molecule has 5 heterocycles.